The number of Topliss-reactive ketones (excluding diaryl/α,β-unsaturated/α-hetero) is 1. The number of hydrogen-bond acceptors (Lipinski definition) is 6. The number of imidazole rings is 1. The van der Waals surface area contributed by atoms with E-state index in [1.54, 1.807) is 12.2 Å². The van der Waals surface area contributed by atoms with Crippen molar-refractivity contribution in [3.63, 3.8) is 0 Å². The third kappa shape index (κ3) is 3.21. The molecule has 3 saturated carbocycles. The van der Waals surface area contributed by atoms with E-state index in [0.717, 1.165) is 35.9 Å². The van der Waals surface area contributed by atoms with Crippen LogP contribution in [0.15, 0.2) is 53.2 Å². The van der Waals surface area contributed by atoms with E-state index in [4.69, 9.17) is 0 Å². The third-order valence-electron chi connectivity index (χ3n) is 10.2. The van der Waals surface area contributed by atoms with Crippen LogP contribution in [-0.2, 0) is 9.59 Å². The number of aliphatic hydroxyl groups excluding tert-OH is 1. The lowest BCUT2D eigenvalue weighted by molar-refractivity contribution is -0.179. The summed E-state index contributed by atoms with van der Waals surface area (Å²) in [5.41, 5.74) is 0.321. The molecule has 0 radical (unpaired) electrons. The van der Waals surface area contributed by atoms with Gasteiger partial charge < -0.3 is 15.2 Å². The maximum atomic E-state index is 13.8. The molecule has 0 spiro atoms. The van der Waals surface area contributed by atoms with Gasteiger partial charge >= 0.3 is 0 Å². The monoisotopic (exact) mass is 506 g/mol. The number of carbonyl (C=O) groups excluding carboxylic acids is 2. The molecular weight excluding hydrogens is 472 g/mol. The van der Waals surface area contributed by atoms with Crippen LogP contribution in [0.5, 0.6) is 0 Å². The van der Waals surface area contributed by atoms with E-state index in [1.165, 1.54) is 11.8 Å². The van der Waals surface area contributed by atoms with E-state index < -0.39 is 17.1 Å². The maximum absolute atomic E-state index is 13.8. The molecule has 4 aliphatic rings. The van der Waals surface area contributed by atoms with Gasteiger partial charge in [-0.25, -0.2) is 4.98 Å². The van der Waals surface area contributed by atoms with Gasteiger partial charge in [-0.1, -0.05) is 56.3 Å². The Labute approximate surface area is 215 Å². The third-order valence-corrected chi connectivity index (χ3v) is 11.1. The summed E-state index contributed by atoms with van der Waals surface area (Å²) in [6.07, 6.45) is 7.56. The van der Waals surface area contributed by atoms with E-state index in [0.29, 0.717) is 11.6 Å². The summed E-state index contributed by atoms with van der Waals surface area (Å²) < 4.78 is 0. The lowest BCUT2D eigenvalue weighted by atomic mass is 9.46. The highest BCUT2D eigenvalue weighted by molar-refractivity contribution is 7.99. The summed E-state index contributed by atoms with van der Waals surface area (Å²) in [6, 6.07) is 7.75. The first-order chi connectivity index (χ1) is 17.1. The molecule has 0 aliphatic heterocycles. The number of aromatic amines is 1. The number of benzene rings is 1. The minimum Gasteiger partial charge on any atom is -0.393 e. The van der Waals surface area contributed by atoms with Crippen molar-refractivity contribution in [2.75, 3.05) is 5.75 Å². The maximum Gasteiger partial charge on any atom is 0.178 e. The molecule has 4 aliphatic carbocycles. The highest BCUT2D eigenvalue weighted by Crippen LogP contribution is 2.68. The normalized spacial score (nSPS) is 41.5. The van der Waals surface area contributed by atoms with Crippen molar-refractivity contribution in [1.82, 2.24) is 9.97 Å². The zero-order valence-electron chi connectivity index (χ0n) is 21.0. The van der Waals surface area contributed by atoms with Crippen LogP contribution in [0.4, 0.5) is 0 Å². The van der Waals surface area contributed by atoms with Crippen LogP contribution >= 0.6 is 11.8 Å². The van der Waals surface area contributed by atoms with Crippen LogP contribution in [-0.4, -0.2) is 49.2 Å². The molecule has 190 valence electrons. The van der Waals surface area contributed by atoms with Crippen LogP contribution in [0.2, 0.25) is 0 Å². The molecule has 8 atom stereocenters. The minimum absolute atomic E-state index is 0.0190. The molecule has 3 N–H and O–H groups in total. The Kier molecular flexibility index (Phi) is 5.46. The Morgan fingerprint density at radius 2 is 2.06 bits per heavy atom. The second-order valence-corrected chi connectivity index (χ2v) is 12.8. The van der Waals surface area contributed by atoms with Crippen LogP contribution in [0, 0.1) is 34.5 Å². The largest absolute Gasteiger partial charge is 0.393 e. The number of H-pyrrole nitrogens is 1. The number of nitrogens with one attached hydrogen (secondary N) is 1. The number of thioether (sulfide) groups is 1. The molecule has 7 heteroatoms. The highest BCUT2D eigenvalue weighted by atomic mass is 32.2. The van der Waals surface area contributed by atoms with Gasteiger partial charge in [0, 0.05) is 16.7 Å². The Hall–Kier alpha value is -2.22. The summed E-state index contributed by atoms with van der Waals surface area (Å²) in [5.74, 6) is 0.0728. The van der Waals surface area contributed by atoms with E-state index in [-0.39, 0.29) is 46.4 Å². The summed E-state index contributed by atoms with van der Waals surface area (Å²) in [4.78, 5) is 33.6. The number of hydrogen-bond donors (Lipinski definition) is 3. The molecule has 1 aromatic heterocycles. The first-order valence-electron chi connectivity index (χ1n) is 13.0. The van der Waals surface area contributed by atoms with Gasteiger partial charge in [-0.2, -0.15) is 0 Å². The topological polar surface area (TPSA) is 103 Å². The molecule has 1 heterocycles. The van der Waals surface area contributed by atoms with Crippen LogP contribution in [0.25, 0.3) is 11.0 Å². The van der Waals surface area contributed by atoms with Crippen LogP contribution < -0.4 is 0 Å². The average Bonchev–Trinajstić information content (AvgIpc) is 3.35. The highest BCUT2D eigenvalue weighted by Gasteiger charge is 2.70. The molecule has 2 aromatic rings. The van der Waals surface area contributed by atoms with Gasteiger partial charge in [0.25, 0.3) is 0 Å². The number of allylic oxidation sites excluding steroid dienone is 4. The van der Waals surface area contributed by atoms with Crippen molar-refractivity contribution in [2.24, 2.45) is 34.5 Å². The van der Waals surface area contributed by atoms with Crippen LogP contribution in [0.3, 0.4) is 0 Å². The van der Waals surface area contributed by atoms with Crippen molar-refractivity contribution < 1.29 is 19.8 Å². The second-order valence-electron chi connectivity index (χ2n) is 11.9. The molecule has 0 bridgehead atoms. The fourth-order valence-electron chi connectivity index (χ4n) is 8.49. The fourth-order valence-corrected chi connectivity index (χ4v) is 9.33. The number of aliphatic hydroxyl groups is 2. The number of nitrogens with zero attached hydrogens (tertiary/aromatic N) is 1. The summed E-state index contributed by atoms with van der Waals surface area (Å²) >= 11 is 1.33. The van der Waals surface area contributed by atoms with E-state index in [1.807, 2.05) is 44.2 Å². The quantitative estimate of drug-likeness (QED) is 0.529. The molecule has 1 aromatic carbocycles. The van der Waals surface area contributed by atoms with Crippen molar-refractivity contribution in [3.05, 3.63) is 48.1 Å². The first kappa shape index (κ1) is 24.1. The van der Waals surface area contributed by atoms with E-state index >= 15 is 0 Å². The molecule has 0 saturated heterocycles. The summed E-state index contributed by atoms with van der Waals surface area (Å²) in [5, 5.41) is 24.4. The number of para-hydroxylation sites is 2. The fraction of sp³-hybridized carbons (Fsp3) is 0.552. The number of fused-ring (bicyclic) bond motifs is 6. The SMILES string of the molecule is C[C@@H]1C[C@H]2[C@@H]3CCC4=CC(=O)C=C[C@]4(C)[C@H]3[C@@H](O)C[C@]2(C)[C@@]1(O)C(=O)CSc1nc2ccccc2[nH]1. The number of ketones is 2. The number of aromatic nitrogens is 2. The van der Waals surface area contributed by atoms with Gasteiger partial charge in [0.05, 0.1) is 22.9 Å². The molecule has 0 amide bonds. The van der Waals surface area contributed by atoms with Gasteiger partial charge in [0.15, 0.2) is 16.7 Å². The van der Waals surface area contributed by atoms with Gasteiger partial charge in [-0.05, 0) is 67.7 Å². The lowest BCUT2D eigenvalue weighted by Crippen LogP contribution is -2.62. The molecule has 0 unspecified atom stereocenters. The van der Waals surface area contributed by atoms with Gasteiger partial charge in [0.1, 0.15) is 5.60 Å². The molecule has 3 fully saturated rings. The molecule has 6 nitrogen and oxygen atoms in total. The minimum atomic E-state index is -1.50. The van der Waals surface area contributed by atoms with E-state index in [9.17, 15) is 19.8 Å². The zero-order valence-corrected chi connectivity index (χ0v) is 21.8. The Bertz CT molecular complexity index is 1280. The number of rotatable bonds is 4. The summed E-state index contributed by atoms with van der Waals surface area (Å²) in [6.45, 7) is 6.16. The van der Waals surface area contributed by atoms with Crippen molar-refractivity contribution in [3.8, 4) is 0 Å². The lowest BCUT2D eigenvalue weighted by Gasteiger charge is -2.59. The standard InChI is InChI=1S/C29H34N2O4S/c1-16-12-20-19-9-8-17-13-18(32)10-11-27(17,2)25(19)23(33)14-28(20,3)29(16,35)24(34)15-36-26-30-21-6-4-5-7-22(21)31-26/h4-7,10-11,13,16,19-20,23,25,33,35H,8-9,12,14-15H2,1-3H3,(H,30,31)/t16-,19+,20+,23+,25-,27+,28+,29+/m1/s1. The van der Waals surface area contributed by atoms with Crippen molar-refractivity contribution >= 4 is 34.4 Å². The van der Waals surface area contributed by atoms with Gasteiger partial charge in [-0.3, -0.25) is 9.59 Å². The predicted molar refractivity (Wildman–Crippen MR) is 139 cm³/mol. The predicted octanol–water partition coefficient (Wildman–Crippen LogP) is 4.48. The Morgan fingerprint density at radius 1 is 1.28 bits per heavy atom. The van der Waals surface area contributed by atoms with Crippen molar-refractivity contribution in [1.29, 1.82) is 0 Å². The van der Waals surface area contributed by atoms with Crippen LogP contribution in [0.1, 0.15) is 46.5 Å². The van der Waals surface area contributed by atoms with E-state index in [2.05, 4.69) is 16.9 Å². The van der Waals surface area contributed by atoms with Crippen molar-refractivity contribution in [2.45, 2.75) is 63.3 Å². The molecule has 6 rings (SSSR count). The average molecular weight is 507 g/mol. The zero-order chi connectivity index (χ0) is 25.5. The molecule has 36 heavy (non-hydrogen) atoms. The second kappa shape index (κ2) is 8.14. The van der Waals surface area contributed by atoms with Gasteiger partial charge in [0.2, 0.25) is 0 Å². The first-order valence-corrected chi connectivity index (χ1v) is 14.0. The molecular formula is C29H34N2O4S. The Morgan fingerprint density at radius 3 is 2.83 bits per heavy atom. The smallest absolute Gasteiger partial charge is 0.178 e. The Balaban J connectivity index is 1.28. The summed E-state index contributed by atoms with van der Waals surface area (Å²) in [7, 11) is 0. The van der Waals surface area contributed by atoms with Gasteiger partial charge in [-0.15, -0.1) is 0 Å². The number of carbonyl (C=O) groups is 2.